The summed E-state index contributed by atoms with van der Waals surface area (Å²) in [5.74, 6) is 9.89. The third-order valence-electron chi connectivity index (χ3n) is 16.0. The molecular formula is C86H126P4Pt2S4. The Morgan fingerprint density at radius 3 is 0.656 bits per heavy atom. The summed E-state index contributed by atoms with van der Waals surface area (Å²) < 4.78 is 2.03. The van der Waals surface area contributed by atoms with E-state index < -0.39 is 0 Å². The van der Waals surface area contributed by atoms with Crippen molar-refractivity contribution in [2.24, 2.45) is 0 Å². The maximum Gasteiger partial charge on any atom is 2.00 e. The molecule has 4 heterocycles. The summed E-state index contributed by atoms with van der Waals surface area (Å²) in [5.41, 5.74) is 3.29. The van der Waals surface area contributed by atoms with Gasteiger partial charge in [0.15, 0.2) is 0 Å². The molecule has 0 aliphatic carbocycles. The van der Waals surface area contributed by atoms with Crippen LogP contribution in [0, 0.1) is 49.4 Å². The van der Waals surface area contributed by atoms with Gasteiger partial charge in [0.25, 0.3) is 0 Å². The van der Waals surface area contributed by atoms with E-state index in [0.717, 1.165) is 42.4 Å². The molecule has 0 amide bonds. The van der Waals surface area contributed by atoms with Gasteiger partial charge in [0.2, 0.25) is 0 Å². The Bertz CT molecular complexity index is 2610. The van der Waals surface area contributed by atoms with Gasteiger partial charge in [0, 0.05) is 19.5 Å². The second-order valence-corrected chi connectivity index (χ2v) is 39.0. The molecule has 534 valence electrons. The molecule has 0 aliphatic heterocycles. The molecule has 7 aromatic rings. The minimum atomic E-state index is 0. The molecule has 0 spiro atoms. The Labute approximate surface area is 643 Å². The molecule has 0 saturated heterocycles. The van der Waals surface area contributed by atoms with Gasteiger partial charge in [0.1, 0.15) is 0 Å². The van der Waals surface area contributed by atoms with Crippen molar-refractivity contribution in [2.45, 2.75) is 237 Å². The maximum absolute atomic E-state index is 7.90. The fourth-order valence-corrected chi connectivity index (χ4v) is 25.9. The number of benzene rings is 3. The van der Waals surface area contributed by atoms with Crippen LogP contribution < -0.4 is 0 Å². The van der Waals surface area contributed by atoms with Crippen LogP contribution in [0.2, 0.25) is 0 Å². The van der Waals surface area contributed by atoms with Crippen LogP contribution in [0.4, 0.5) is 0 Å². The van der Waals surface area contributed by atoms with E-state index in [0.29, 0.717) is 31.7 Å². The summed E-state index contributed by atoms with van der Waals surface area (Å²) in [6.07, 6.45) is 82.0. The molecular weight excluding hydrogens is 1680 g/mol. The Kier molecular flexibility index (Phi) is 68.0. The summed E-state index contributed by atoms with van der Waals surface area (Å²) >= 11 is 6.75. The fraction of sp³-hybridized carbons (Fsp3) is 0.558. The monoisotopic (exact) mass is 1800 g/mol. The van der Waals surface area contributed by atoms with Crippen molar-refractivity contribution >= 4 is 97.2 Å². The minimum Gasteiger partial charge on any atom is -0.366 e. The average Bonchev–Trinajstić information content (AvgIpc) is 1.58. The fourth-order valence-electron chi connectivity index (χ4n) is 10.1. The zero-order chi connectivity index (χ0) is 69.1. The molecule has 4 aromatic heterocycles. The molecule has 0 N–H and O–H groups in total. The van der Waals surface area contributed by atoms with Gasteiger partial charge < -0.3 is 25.7 Å². The van der Waals surface area contributed by atoms with Crippen molar-refractivity contribution in [2.75, 3.05) is 73.9 Å². The second kappa shape index (κ2) is 67.8. The molecule has 0 nitrogen and oxygen atoms in total. The number of thiophene rings is 4. The van der Waals surface area contributed by atoms with Crippen LogP contribution >= 0.6 is 77.0 Å². The van der Waals surface area contributed by atoms with Crippen molar-refractivity contribution in [3.8, 4) is 43.2 Å². The number of rotatable bonds is 38. The standard InChI is InChI=1S/C22H8S4.4C12H27P.2C8H5.2Pt/c1-3-13-15-11-19(17-7-5-9-23-17)26-22(15)14(4-2)16-12-20(25-21(13)16)18-8-6-10-24-18;4*1-4-7-10-13(11-8-5-2)12-9-6-3;2*1-2-8-6-4-3-5-7-8;;/h5-12H;4*4-12H2,1-3H3;2*3-7H;;/q-2;;;;;2*-1;2*+2. The first-order valence-corrected chi connectivity index (χ1v) is 47.8. The number of hydrogen-bond acceptors (Lipinski definition) is 4. The SMILES string of the molecule is CCCCP(CCCC)CCCC.CCCCP(CCCC)CCCC.CCCCP(CCCC)CCCC.CCCCP(CCCC)CCCC.[C-]#Cc1c2cc(-c3cccs3)sc2c(C#[C-])c2cc(-c3cccs3)sc12.[C-]#Cc1ccccc1.[C-]#Cc1ccccc1.[Pt+2].[Pt+2]. The average molecular weight is 1800 g/mol. The molecule has 0 saturated carbocycles. The molecule has 0 fully saturated rings. The number of unbranched alkanes of at least 4 members (excludes halogenated alkanes) is 12. The van der Waals surface area contributed by atoms with E-state index in [9.17, 15) is 0 Å². The van der Waals surface area contributed by atoms with Gasteiger partial charge in [-0.15, -0.1) is 101 Å². The van der Waals surface area contributed by atoms with Gasteiger partial charge in [-0.05, 0) is 183 Å². The van der Waals surface area contributed by atoms with Crippen molar-refractivity contribution < 1.29 is 42.1 Å². The topological polar surface area (TPSA) is 0 Å². The number of hydrogen-bond donors (Lipinski definition) is 0. The summed E-state index contributed by atoms with van der Waals surface area (Å²) in [6.45, 7) is 27.8. The first-order valence-electron chi connectivity index (χ1n) is 36.9. The third kappa shape index (κ3) is 44.0. The van der Waals surface area contributed by atoms with E-state index in [4.69, 9.17) is 25.7 Å². The Balaban J connectivity index is 0. The van der Waals surface area contributed by atoms with Crippen LogP contribution in [0.3, 0.4) is 0 Å². The van der Waals surface area contributed by atoms with Gasteiger partial charge >= 0.3 is 42.1 Å². The molecule has 0 unspecified atom stereocenters. The Morgan fingerprint density at radius 1 is 0.281 bits per heavy atom. The van der Waals surface area contributed by atoms with E-state index in [1.54, 1.807) is 119 Å². The van der Waals surface area contributed by atoms with Crippen molar-refractivity contribution in [3.63, 3.8) is 0 Å². The predicted molar refractivity (Wildman–Crippen MR) is 447 cm³/mol. The molecule has 3 aromatic carbocycles. The van der Waals surface area contributed by atoms with Gasteiger partial charge in [0.05, 0.1) is 0 Å². The van der Waals surface area contributed by atoms with E-state index in [1.165, 1.54) is 174 Å². The normalized spacial score (nSPS) is 10.3. The van der Waals surface area contributed by atoms with E-state index in [1.807, 2.05) is 72.8 Å². The molecule has 96 heavy (non-hydrogen) atoms. The molecule has 10 heteroatoms. The van der Waals surface area contributed by atoms with Crippen LogP contribution in [0.25, 0.3) is 39.7 Å². The van der Waals surface area contributed by atoms with Gasteiger partial charge in [-0.2, -0.15) is 22.7 Å². The first-order chi connectivity index (χ1) is 46.0. The number of fused-ring (bicyclic) bond motifs is 2. The Hall–Kier alpha value is -1.68. The van der Waals surface area contributed by atoms with Gasteiger partial charge in [-0.3, -0.25) is 23.7 Å². The van der Waals surface area contributed by atoms with E-state index >= 15 is 0 Å². The Morgan fingerprint density at radius 2 is 0.500 bits per heavy atom. The van der Waals surface area contributed by atoms with Crippen LogP contribution in [0.15, 0.2) is 108 Å². The van der Waals surface area contributed by atoms with E-state index in [-0.39, 0.29) is 42.1 Å². The van der Waals surface area contributed by atoms with E-state index in [2.05, 4.69) is 142 Å². The molecule has 0 bridgehead atoms. The zero-order valence-corrected chi connectivity index (χ0v) is 73.3. The van der Waals surface area contributed by atoms with Crippen molar-refractivity contribution in [3.05, 3.63) is 156 Å². The molecule has 0 atom stereocenters. The summed E-state index contributed by atoms with van der Waals surface area (Å²) in [5, 5.41) is 6.13. The van der Waals surface area contributed by atoms with Gasteiger partial charge in [-0.25, -0.2) is 0 Å². The largest absolute Gasteiger partial charge is 2.00 e. The quantitative estimate of drug-likeness (QED) is 0.0206. The first kappa shape index (κ1) is 96.4. The van der Waals surface area contributed by atoms with Crippen LogP contribution in [0.1, 0.15) is 259 Å². The second-order valence-electron chi connectivity index (χ2n) is 24.3. The van der Waals surface area contributed by atoms with Crippen LogP contribution in [-0.2, 0) is 42.1 Å². The smallest absolute Gasteiger partial charge is 0.366 e. The predicted octanol–water partition coefficient (Wildman–Crippen LogP) is 30.2. The van der Waals surface area contributed by atoms with Gasteiger partial charge in [-0.1, -0.05) is 232 Å². The third-order valence-corrected chi connectivity index (χ3v) is 31.8. The summed E-state index contributed by atoms with van der Waals surface area (Å²) in [6, 6.07) is 31.3. The maximum atomic E-state index is 7.90. The summed E-state index contributed by atoms with van der Waals surface area (Å²) in [7, 11) is 1.69. The van der Waals surface area contributed by atoms with Crippen LogP contribution in [-0.4, -0.2) is 73.9 Å². The molecule has 0 radical (unpaired) electrons. The summed E-state index contributed by atoms with van der Waals surface area (Å²) in [4.78, 5) is 4.75. The molecule has 7 rings (SSSR count). The van der Waals surface area contributed by atoms with Crippen molar-refractivity contribution in [1.29, 1.82) is 0 Å². The van der Waals surface area contributed by atoms with Crippen molar-refractivity contribution in [1.82, 2.24) is 0 Å². The molecule has 0 aliphatic rings. The zero-order valence-electron chi connectivity index (χ0n) is 61.9. The van der Waals surface area contributed by atoms with Crippen LogP contribution in [0.5, 0.6) is 0 Å². The minimum absolute atomic E-state index is 0.